The van der Waals surface area contributed by atoms with Crippen LogP contribution in [0.15, 0.2) is 444 Å². The van der Waals surface area contributed by atoms with Crippen LogP contribution in [-0.4, -0.2) is 83.5 Å². The molecule has 24 aromatic rings. The van der Waals surface area contributed by atoms with E-state index in [1.54, 1.807) is 24.8 Å². The highest BCUT2D eigenvalue weighted by atomic mass is 15.0. The molecule has 0 unspecified atom stereocenters. The van der Waals surface area contributed by atoms with Crippen LogP contribution in [0.4, 0.5) is 0 Å². The largest absolute Gasteiger partial charge is 0.309 e. The predicted molar refractivity (Wildman–Crippen MR) is 517 cm³/mol. The van der Waals surface area contributed by atoms with E-state index in [-0.39, 0.29) is 0 Å². The van der Waals surface area contributed by atoms with Crippen LogP contribution in [0.1, 0.15) is 0 Å². The molecule has 0 saturated carbocycles. The SMILES string of the molecule is c1ccc(-c2cc(-c3cnc(-c4ccc(-n5c6ccccc6c6ccccc65)cc4)nc3)cc(-c3ccccn3)n2)cc1.c1ccc(-c2cc(-c3cnc(-c4ccc(-n5c6ccccc6c6ccccc65)cc4)nc3)cc(-c3ccccn3)n2)nc1.c1ccc(-c2nc(-c3cnc(-c4ccc(-n5c6ccccc6c6ccccc65)cc4)nc3)cc(-c3ccccn3)n2)cc1. The maximum atomic E-state index is 4.93. The summed E-state index contributed by atoms with van der Waals surface area (Å²) in [6, 6.07) is 130. The van der Waals surface area contributed by atoms with Gasteiger partial charge in [-0.05, 0) is 199 Å². The second-order valence-corrected chi connectivity index (χ2v) is 30.9. The number of aromatic nitrogens is 17. The quantitative estimate of drug-likeness (QED) is 0.0940. The molecule has 0 bridgehead atoms. The summed E-state index contributed by atoms with van der Waals surface area (Å²) in [5, 5.41) is 7.47. The molecular formula is C112H73N17. The lowest BCUT2D eigenvalue weighted by atomic mass is 10.0. The van der Waals surface area contributed by atoms with E-state index in [0.717, 1.165) is 130 Å². The van der Waals surface area contributed by atoms with E-state index in [2.05, 4.69) is 270 Å². The van der Waals surface area contributed by atoms with E-state index in [1.165, 1.54) is 65.4 Å². The second-order valence-electron chi connectivity index (χ2n) is 30.9. The minimum atomic E-state index is 0.628. The summed E-state index contributed by atoms with van der Waals surface area (Å²) in [6.45, 7) is 0. The van der Waals surface area contributed by atoms with E-state index >= 15 is 0 Å². The number of para-hydroxylation sites is 6. The Balaban J connectivity index is 0.000000114. The fraction of sp³-hybridized carbons (Fsp3) is 0. The molecule has 0 aliphatic rings. The van der Waals surface area contributed by atoms with Gasteiger partial charge in [0, 0.05) is 156 Å². The molecule has 24 rings (SSSR count). The van der Waals surface area contributed by atoms with E-state index in [1.807, 2.05) is 183 Å². The highest BCUT2D eigenvalue weighted by Crippen LogP contribution is 2.39. The third kappa shape index (κ3) is 15.5. The molecule has 0 aliphatic heterocycles. The molecule has 129 heavy (non-hydrogen) atoms. The van der Waals surface area contributed by atoms with Crippen molar-refractivity contribution in [1.29, 1.82) is 0 Å². The Kier molecular flexibility index (Phi) is 20.6. The van der Waals surface area contributed by atoms with Gasteiger partial charge in [-0.25, -0.2) is 49.8 Å². The van der Waals surface area contributed by atoms with Gasteiger partial charge in [0.2, 0.25) is 0 Å². The number of benzene rings is 11. The first-order chi connectivity index (χ1) is 63.9. The summed E-state index contributed by atoms with van der Waals surface area (Å²) < 4.78 is 6.92. The smallest absolute Gasteiger partial charge is 0.160 e. The molecule has 0 fully saturated rings. The van der Waals surface area contributed by atoms with Gasteiger partial charge >= 0.3 is 0 Å². The average molecular weight is 1660 g/mol. The minimum absolute atomic E-state index is 0.628. The average Bonchev–Trinajstić information content (AvgIpc) is 1.61. The van der Waals surface area contributed by atoms with Gasteiger partial charge in [0.1, 0.15) is 0 Å². The van der Waals surface area contributed by atoms with Gasteiger partial charge < -0.3 is 13.7 Å². The van der Waals surface area contributed by atoms with Crippen molar-refractivity contribution in [2.75, 3.05) is 0 Å². The molecule has 13 heterocycles. The Labute approximate surface area is 741 Å². The molecule has 0 spiro atoms. The zero-order valence-electron chi connectivity index (χ0n) is 69.2. The van der Waals surface area contributed by atoms with Crippen molar-refractivity contribution < 1.29 is 0 Å². The van der Waals surface area contributed by atoms with Gasteiger partial charge in [0.05, 0.1) is 90.0 Å². The molecule has 0 N–H and O–H groups in total. The zero-order valence-corrected chi connectivity index (χ0v) is 69.2. The normalized spacial score (nSPS) is 11.3. The number of rotatable bonds is 15. The van der Waals surface area contributed by atoms with Crippen LogP contribution in [0.3, 0.4) is 0 Å². The third-order valence-electron chi connectivity index (χ3n) is 23.0. The van der Waals surface area contributed by atoms with Crippen LogP contribution in [0.5, 0.6) is 0 Å². The first-order valence-electron chi connectivity index (χ1n) is 42.4. The number of fused-ring (bicyclic) bond motifs is 9. The minimum Gasteiger partial charge on any atom is -0.309 e. The molecular weight excluding hydrogens is 1580 g/mol. The molecule has 0 aliphatic carbocycles. The van der Waals surface area contributed by atoms with Crippen molar-refractivity contribution in [3.8, 4) is 153 Å². The van der Waals surface area contributed by atoms with Gasteiger partial charge in [-0.3, -0.25) is 19.9 Å². The molecule has 17 nitrogen and oxygen atoms in total. The first-order valence-corrected chi connectivity index (χ1v) is 42.4. The van der Waals surface area contributed by atoms with Gasteiger partial charge in [-0.15, -0.1) is 0 Å². The highest BCUT2D eigenvalue weighted by Gasteiger charge is 2.21. The lowest BCUT2D eigenvalue weighted by Gasteiger charge is -2.10. The van der Waals surface area contributed by atoms with E-state index in [4.69, 9.17) is 49.8 Å². The number of nitrogens with zero attached hydrogens (tertiary/aromatic N) is 17. The summed E-state index contributed by atoms with van der Waals surface area (Å²) in [4.78, 5) is 66.0. The summed E-state index contributed by atoms with van der Waals surface area (Å²) in [5.41, 5.74) is 27.7. The van der Waals surface area contributed by atoms with Crippen molar-refractivity contribution in [2.24, 2.45) is 0 Å². The van der Waals surface area contributed by atoms with Crippen LogP contribution in [-0.2, 0) is 0 Å². The lowest BCUT2D eigenvalue weighted by Crippen LogP contribution is -1.98. The Morgan fingerprint density at radius 2 is 0.380 bits per heavy atom. The molecule has 0 radical (unpaired) electrons. The zero-order chi connectivity index (χ0) is 85.8. The van der Waals surface area contributed by atoms with Crippen LogP contribution < -0.4 is 0 Å². The molecule has 17 heteroatoms. The maximum Gasteiger partial charge on any atom is 0.160 e. The predicted octanol–water partition coefficient (Wildman–Crippen LogP) is 25.9. The summed E-state index contributed by atoms with van der Waals surface area (Å²) in [5.74, 6) is 2.63. The summed E-state index contributed by atoms with van der Waals surface area (Å²) in [6.07, 6.45) is 18.2. The Bertz CT molecular complexity index is 7050. The van der Waals surface area contributed by atoms with E-state index in [0.29, 0.717) is 23.3 Å². The topological polar surface area (TPSA) is 195 Å². The van der Waals surface area contributed by atoms with Crippen molar-refractivity contribution in [3.05, 3.63) is 444 Å². The number of pyridine rings is 6. The summed E-state index contributed by atoms with van der Waals surface area (Å²) in [7, 11) is 0. The fourth-order valence-corrected chi connectivity index (χ4v) is 16.8. The van der Waals surface area contributed by atoms with Crippen molar-refractivity contribution >= 4 is 65.4 Å². The van der Waals surface area contributed by atoms with Crippen molar-refractivity contribution in [1.82, 2.24) is 83.5 Å². The van der Waals surface area contributed by atoms with Gasteiger partial charge in [0.25, 0.3) is 0 Å². The molecule has 13 aromatic heterocycles. The number of hydrogen-bond donors (Lipinski definition) is 0. The standard InChI is InChI=1S/C38H25N5.2C37H24N6/c1-2-10-26(11-3-1)34-22-28(23-35(42-34)33-14-8-9-21-39-33)29-24-40-38(41-25-29)27-17-19-30(20-18-27)43-36-15-6-4-12-31(36)32-13-5-7-16-37(32)43;1-3-13-35-29(9-1)30-10-2-4-14-36(30)43(35)28-17-15-25(16-18-28)37-40-23-27(24-41-37)26-21-33(31-11-5-7-19-38-31)42-34(22-26)32-12-6-8-20-39-32;1-2-10-25(11-3-1)37-41-32(22-33(42-37)31-14-8-9-21-38-31)27-23-39-36(40-24-27)26-17-19-28(20-18-26)43-34-15-6-4-12-29(34)30-13-5-7-16-35(30)43/h1-25H;2*1-24H. The van der Waals surface area contributed by atoms with E-state index in [9.17, 15) is 0 Å². The van der Waals surface area contributed by atoms with Crippen LogP contribution >= 0.6 is 0 Å². The van der Waals surface area contributed by atoms with Gasteiger partial charge in [-0.2, -0.15) is 0 Å². The van der Waals surface area contributed by atoms with Crippen molar-refractivity contribution in [3.63, 3.8) is 0 Å². The molecule has 606 valence electrons. The maximum absolute atomic E-state index is 4.93. The van der Waals surface area contributed by atoms with E-state index < -0.39 is 0 Å². The lowest BCUT2D eigenvalue weighted by molar-refractivity contribution is 1.13. The first kappa shape index (κ1) is 77.1. The summed E-state index contributed by atoms with van der Waals surface area (Å²) >= 11 is 0. The second kappa shape index (κ2) is 34.4. The fourth-order valence-electron chi connectivity index (χ4n) is 16.8. The van der Waals surface area contributed by atoms with Gasteiger partial charge in [0.15, 0.2) is 23.3 Å². The molecule has 0 atom stereocenters. The molecule has 0 amide bonds. The monoisotopic (exact) mass is 1660 g/mol. The van der Waals surface area contributed by atoms with Crippen molar-refractivity contribution in [2.45, 2.75) is 0 Å². The van der Waals surface area contributed by atoms with Crippen LogP contribution in [0.2, 0.25) is 0 Å². The molecule has 11 aromatic carbocycles. The van der Waals surface area contributed by atoms with Crippen LogP contribution in [0, 0.1) is 0 Å². The molecule has 0 saturated heterocycles. The number of hydrogen-bond acceptors (Lipinski definition) is 14. The highest BCUT2D eigenvalue weighted by molar-refractivity contribution is 6.11. The Morgan fingerprint density at radius 1 is 0.140 bits per heavy atom. The third-order valence-corrected chi connectivity index (χ3v) is 23.0. The Morgan fingerprint density at radius 3 is 0.690 bits per heavy atom. The van der Waals surface area contributed by atoms with Gasteiger partial charge in [-0.1, -0.05) is 194 Å². The van der Waals surface area contributed by atoms with Crippen LogP contribution in [0.25, 0.3) is 218 Å². The Hall–Kier alpha value is -18.0.